The molecular weight excluding hydrogens is 274 g/mol. The maximum Gasteiger partial charge on any atom is 0.335 e. The fourth-order valence-electron chi connectivity index (χ4n) is 1.71. The third kappa shape index (κ3) is 3.33. The van der Waals surface area contributed by atoms with E-state index in [-0.39, 0.29) is 0 Å². The first-order chi connectivity index (χ1) is 9.47. The topological polar surface area (TPSA) is 66.3 Å². The van der Waals surface area contributed by atoms with Gasteiger partial charge in [0.05, 0.1) is 5.56 Å². The second-order valence-corrected chi connectivity index (χ2v) is 5.68. The minimum Gasteiger partial charge on any atom is -0.478 e. The number of aromatic nitrogens is 2. The van der Waals surface area contributed by atoms with E-state index >= 15 is 0 Å². The zero-order valence-electron chi connectivity index (χ0n) is 11.7. The number of hydrogen-bond acceptors (Lipinski definition) is 5. The molecule has 0 saturated heterocycles. The lowest BCUT2D eigenvalue weighted by molar-refractivity contribution is 0.0697. The van der Waals surface area contributed by atoms with Crippen molar-refractivity contribution in [1.29, 1.82) is 0 Å². The quantitative estimate of drug-likeness (QED) is 0.917. The summed E-state index contributed by atoms with van der Waals surface area (Å²) in [6.07, 6.45) is 0. The van der Waals surface area contributed by atoms with Crippen LogP contribution < -0.4 is 4.90 Å². The van der Waals surface area contributed by atoms with E-state index < -0.39 is 5.97 Å². The van der Waals surface area contributed by atoms with Gasteiger partial charge >= 0.3 is 5.97 Å². The Balaban J connectivity index is 2.06. The molecule has 0 spiro atoms. The van der Waals surface area contributed by atoms with Crippen molar-refractivity contribution in [1.82, 2.24) is 9.36 Å². The predicted octanol–water partition coefficient (Wildman–Crippen LogP) is 3.00. The third-order valence-electron chi connectivity index (χ3n) is 2.89. The second-order valence-electron chi connectivity index (χ2n) is 4.95. The molecule has 1 aromatic heterocycles. The highest BCUT2D eigenvalue weighted by Gasteiger charge is 2.11. The molecule has 0 saturated carbocycles. The van der Waals surface area contributed by atoms with E-state index in [9.17, 15) is 4.79 Å². The van der Waals surface area contributed by atoms with E-state index in [2.05, 4.69) is 23.2 Å². The first-order valence-corrected chi connectivity index (χ1v) is 7.11. The van der Waals surface area contributed by atoms with Crippen LogP contribution in [-0.2, 0) is 6.54 Å². The Hall–Kier alpha value is -1.95. The van der Waals surface area contributed by atoms with Crippen LogP contribution in [0, 0.1) is 0 Å². The molecule has 0 unspecified atom stereocenters. The molecule has 0 aliphatic heterocycles. The monoisotopic (exact) mass is 291 g/mol. The zero-order chi connectivity index (χ0) is 14.7. The van der Waals surface area contributed by atoms with Crippen LogP contribution in [0.15, 0.2) is 24.3 Å². The Morgan fingerprint density at radius 1 is 1.35 bits per heavy atom. The van der Waals surface area contributed by atoms with Gasteiger partial charge in [0.25, 0.3) is 0 Å². The number of hydrogen-bond donors (Lipinski definition) is 1. The number of anilines is 1. The van der Waals surface area contributed by atoms with Crippen LogP contribution >= 0.6 is 11.5 Å². The normalized spacial score (nSPS) is 10.8. The SMILES string of the molecule is CC(C)c1nsc(N(C)Cc2ccc(C(=O)O)cc2)n1. The fraction of sp³-hybridized carbons (Fsp3) is 0.357. The number of carbonyl (C=O) groups is 1. The third-order valence-corrected chi connectivity index (χ3v) is 3.74. The minimum absolute atomic E-state index is 0.300. The average molecular weight is 291 g/mol. The zero-order valence-corrected chi connectivity index (χ0v) is 12.5. The van der Waals surface area contributed by atoms with Gasteiger partial charge in [0.1, 0.15) is 5.82 Å². The summed E-state index contributed by atoms with van der Waals surface area (Å²) < 4.78 is 4.33. The smallest absolute Gasteiger partial charge is 0.335 e. The van der Waals surface area contributed by atoms with Gasteiger partial charge in [-0.1, -0.05) is 26.0 Å². The molecule has 0 atom stereocenters. The summed E-state index contributed by atoms with van der Waals surface area (Å²) in [5, 5.41) is 9.73. The van der Waals surface area contributed by atoms with E-state index in [1.54, 1.807) is 12.1 Å². The Kier molecular flexibility index (Phi) is 4.34. The van der Waals surface area contributed by atoms with Gasteiger partial charge < -0.3 is 10.0 Å². The van der Waals surface area contributed by atoms with Crippen LogP contribution in [-0.4, -0.2) is 27.5 Å². The van der Waals surface area contributed by atoms with E-state index in [4.69, 9.17) is 5.11 Å². The van der Waals surface area contributed by atoms with Gasteiger partial charge in [0, 0.05) is 31.0 Å². The first kappa shape index (κ1) is 14.5. The summed E-state index contributed by atoms with van der Waals surface area (Å²) in [6, 6.07) is 6.88. The lowest BCUT2D eigenvalue weighted by Gasteiger charge is -2.15. The Labute approximate surface area is 122 Å². The maximum absolute atomic E-state index is 10.8. The van der Waals surface area contributed by atoms with Gasteiger partial charge in [-0.05, 0) is 17.7 Å². The van der Waals surface area contributed by atoms with Crippen molar-refractivity contribution in [3.05, 3.63) is 41.2 Å². The summed E-state index contributed by atoms with van der Waals surface area (Å²) in [5.41, 5.74) is 1.34. The van der Waals surface area contributed by atoms with E-state index in [0.717, 1.165) is 16.5 Å². The second kappa shape index (κ2) is 6.00. The van der Waals surface area contributed by atoms with Crippen molar-refractivity contribution in [2.24, 2.45) is 0 Å². The predicted molar refractivity (Wildman–Crippen MR) is 79.5 cm³/mol. The van der Waals surface area contributed by atoms with Gasteiger partial charge in [-0.25, -0.2) is 9.78 Å². The van der Waals surface area contributed by atoms with Crippen LogP contribution in [0.4, 0.5) is 5.13 Å². The van der Waals surface area contributed by atoms with Crippen LogP contribution in [0.2, 0.25) is 0 Å². The molecule has 2 aromatic rings. The highest BCUT2D eigenvalue weighted by molar-refractivity contribution is 7.09. The van der Waals surface area contributed by atoms with E-state index in [0.29, 0.717) is 18.0 Å². The van der Waals surface area contributed by atoms with Gasteiger partial charge in [0.15, 0.2) is 0 Å². The summed E-state index contributed by atoms with van der Waals surface area (Å²) in [5.74, 6) is 0.275. The highest BCUT2D eigenvalue weighted by atomic mass is 32.1. The molecular formula is C14H17N3O2S. The molecule has 106 valence electrons. The number of carboxylic acid groups (broad SMARTS) is 1. The maximum atomic E-state index is 10.8. The summed E-state index contributed by atoms with van der Waals surface area (Å²) in [4.78, 5) is 17.3. The lowest BCUT2D eigenvalue weighted by atomic mass is 10.1. The van der Waals surface area contributed by atoms with E-state index in [1.165, 1.54) is 11.5 Å². The number of carboxylic acids is 1. The minimum atomic E-state index is -0.907. The Morgan fingerprint density at radius 2 is 2.00 bits per heavy atom. The van der Waals surface area contributed by atoms with Gasteiger partial charge in [-0.3, -0.25) is 0 Å². The van der Waals surface area contributed by atoms with Crippen molar-refractivity contribution >= 4 is 22.6 Å². The molecule has 0 bridgehead atoms. The molecule has 1 heterocycles. The van der Waals surface area contributed by atoms with Crippen molar-refractivity contribution in [3.63, 3.8) is 0 Å². The number of benzene rings is 1. The van der Waals surface area contributed by atoms with Crippen LogP contribution in [0.25, 0.3) is 0 Å². The molecule has 1 N–H and O–H groups in total. The number of aromatic carboxylic acids is 1. The molecule has 0 radical (unpaired) electrons. The molecule has 2 rings (SSSR count). The van der Waals surface area contributed by atoms with E-state index in [1.807, 2.05) is 24.1 Å². The van der Waals surface area contributed by atoms with Crippen LogP contribution in [0.3, 0.4) is 0 Å². The first-order valence-electron chi connectivity index (χ1n) is 6.34. The van der Waals surface area contributed by atoms with Gasteiger partial charge in [-0.15, -0.1) is 0 Å². The molecule has 0 aliphatic carbocycles. The lowest BCUT2D eigenvalue weighted by Crippen LogP contribution is -2.16. The molecule has 0 fully saturated rings. The van der Waals surface area contributed by atoms with Gasteiger partial charge in [0.2, 0.25) is 5.13 Å². The molecule has 5 nitrogen and oxygen atoms in total. The van der Waals surface area contributed by atoms with Crippen molar-refractivity contribution < 1.29 is 9.90 Å². The van der Waals surface area contributed by atoms with Crippen molar-refractivity contribution in [2.75, 3.05) is 11.9 Å². The molecule has 20 heavy (non-hydrogen) atoms. The van der Waals surface area contributed by atoms with Crippen molar-refractivity contribution in [2.45, 2.75) is 26.3 Å². The molecule has 0 aliphatic rings. The molecule has 1 aromatic carbocycles. The van der Waals surface area contributed by atoms with Crippen molar-refractivity contribution in [3.8, 4) is 0 Å². The Bertz CT molecular complexity index is 593. The summed E-state index contributed by atoms with van der Waals surface area (Å²) >= 11 is 1.38. The largest absolute Gasteiger partial charge is 0.478 e. The average Bonchev–Trinajstić information content (AvgIpc) is 2.89. The number of rotatable bonds is 5. The summed E-state index contributed by atoms with van der Waals surface area (Å²) in [6.45, 7) is 4.81. The molecule has 0 amide bonds. The fourth-order valence-corrected chi connectivity index (χ4v) is 2.48. The summed E-state index contributed by atoms with van der Waals surface area (Å²) in [7, 11) is 1.95. The molecule has 6 heteroatoms. The highest BCUT2D eigenvalue weighted by Crippen LogP contribution is 2.21. The van der Waals surface area contributed by atoms with Gasteiger partial charge in [-0.2, -0.15) is 4.37 Å². The Morgan fingerprint density at radius 3 is 2.50 bits per heavy atom. The van der Waals surface area contributed by atoms with Crippen LogP contribution in [0.5, 0.6) is 0 Å². The standard InChI is InChI=1S/C14H17N3O2S/c1-9(2)12-15-14(20-16-12)17(3)8-10-4-6-11(7-5-10)13(18)19/h4-7,9H,8H2,1-3H3,(H,18,19). The number of nitrogens with zero attached hydrogens (tertiary/aromatic N) is 3. The van der Waals surface area contributed by atoms with Crippen LogP contribution in [0.1, 0.15) is 41.5 Å².